The second-order valence-electron chi connectivity index (χ2n) is 13.1. The number of anilines is 1. The lowest BCUT2D eigenvalue weighted by Gasteiger charge is -2.41. The molecule has 7 atom stereocenters. The van der Waals surface area contributed by atoms with Crippen molar-refractivity contribution in [3.63, 3.8) is 0 Å². The number of fused-ring (bicyclic) bond motifs is 1. The molecule has 3 amide bonds. The summed E-state index contributed by atoms with van der Waals surface area (Å²) in [6, 6.07) is 5.75. The van der Waals surface area contributed by atoms with E-state index in [0.29, 0.717) is 70.2 Å². The van der Waals surface area contributed by atoms with Crippen molar-refractivity contribution >= 4 is 23.4 Å². The van der Waals surface area contributed by atoms with Gasteiger partial charge in [0.05, 0.1) is 50.4 Å². The van der Waals surface area contributed by atoms with Crippen molar-refractivity contribution in [1.29, 1.82) is 0 Å². The van der Waals surface area contributed by atoms with Crippen molar-refractivity contribution in [1.82, 2.24) is 14.7 Å². The molecule has 2 unspecified atom stereocenters. The van der Waals surface area contributed by atoms with Crippen LogP contribution in [0, 0.1) is 17.8 Å². The van der Waals surface area contributed by atoms with Gasteiger partial charge in [-0.25, -0.2) is 0 Å². The molecule has 0 aliphatic carbocycles. The Morgan fingerprint density at radius 1 is 1.13 bits per heavy atom. The van der Waals surface area contributed by atoms with E-state index in [1.54, 1.807) is 26.9 Å². The summed E-state index contributed by atoms with van der Waals surface area (Å²) in [4.78, 5) is 51.4. The minimum atomic E-state index is -1.17. The van der Waals surface area contributed by atoms with Crippen LogP contribution in [-0.4, -0.2) is 127 Å². The van der Waals surface area contributed by atoms with E-state index in [-0.39, 0.29) is 36.8 Å². The maximum atomic E-state index is 14.8. The molecule has 47 heavy (non-hydrogen) atoms. The van der Waals surface area contributed by atoms with Crippen LogP contribution in [0.2, 0.25) is 0 Å². The van der Waals surface area contributed by atoms with Gasteiger partial charge in [0.15, 0.2) is 0 Å². The molecule has 4 aliphatic heterocycles. The molecular formula is C36H52N4O7. The van der Waals surface area contributed by atoms with E-state index >= 15 is 0 Å². The van der Waals surface area contributed by atoms with Gasteiger partial charge in [-0.15, -0.1) is 13.2 Å². The number of nitrogens with zero attached hydrogens (tertiary/aromatic N) is 4. The Morgan fingerprint density at radius 3 is 2.45 bits per heavy atom. The zero-order valence-electron chi connectivity index (χ0n) is 28.2. The third-order valence-electron chi connectivity index (χ3n) is 10.6. The third kappa shape index (κ3) is 6.60. The Balaban J connectivity index is 1.50. The first kappa shape index (κ1) is 35.1. The molecule has 2 bridgehead atoms. The second-order valence-corrected chi connectivity index (χ2v) is 13.1. The third-order valence-corrected chi connectivity index (χ3v) is 10.6. The van der Waals surface area contributed by atoms with Gasteiger partial charge >= 0.3 is 0 Å². The van der Waals surface area contributed by atoms with Crippen LogP contribution in [0.3, 0.4) is 0 Å². The predicted octanol–water partition coefficient (Wildman–Crippen LogP) is 2.73. The van der Waals surface area contributed by atoms with Crippen LogP contribution in [0.1, 0.15) is 40.0 Å². The first-order chi connectivity index (χ1) is 22.8. The van der Waals surface area contributed by atoms with Crippen LogP contribution in [0.4, 0.5) is 5.69 Å². The fourth-order valence-corrected chi connectivity index (χ4v) is 8.05. The van der Waals surface area contributed by atoms with E-state index in [9.17, 15) is 19.5 Å². The molecule has 1 N–H and O–H groups in total. The fourth-order valence-electron chi connectivity index (χ4n) is 8.05. The molecule has 1 aromatic rings. The standard InChI is InChI=1S/C36H52N4O7/c1-6-16-38(19-18-37-20-22-45-23-21-37)35(44)32-36-15-14-29(47-36)30(31(36)34(43)40(32)28(24-41)25(5)8-3)33(42)39(17-7-2)26-10-12-27(13-11-26)46-9-4/h6-7,10-13,25,28-32,41H,1-2,8-9,14-24H2,3-5H3/t25-,28-,29+,30-,31-,32?,36?/m0/s1. The lowest BCUT2D eigenvalue weighted by Crippen LogP contribution is -2.60. The highest BCUT2D eigenvalue weighted by molar-refractivity contribution is 6.03. The molecule has 1 spiro atoms. The van der Waals surface area contributed by atoms with E-state index in [1.165, 1.54) is 0 Å². The summed E-state index contributed by atoms with van der Waals surface area (Å²) in [5, 5.41) is 10.7. The van der Waals surface area contributed by atoms with Crippen molar-refractivity contribution < 1.29 is 33.7 Å². The maximum Gasteiger partial charge on any atom is 0.248 e. The summed E-state index contributed by atoms with van der Waals surface area (Å²) in [5.41, 5.74) is -0.505. The Morgan fingerprint density at radius 2 is 1.83 bits per heavy atom. The van der Waals surface area contributed by atoms with Gasteiger partial charge < -0.3 is 34.0 Å². The largest absolute Gasteiger partial charge is 0.494 e. The Hall–Kier alpha value is -3.25. The lowest BCUT2D eigenvalue weighted by atomic mass is 9.70. The Bertz CT molecular complexity index is 1280. The van der Waals surface area contributed by atoms with Gasteiger partial charge in [-0.1, -0.05) is 32.4 Å². The number of morpholine rings is 1. The van der Waals surface area contributed by atoms with Gasteiger partial charge in [0, 0.05) is 45.0 Å². The van der Waals surface area contributed by atoms with Gasteiger partial charge in [-0.3, -0.25) is 19.3 Å². The van der Waals surface area contributed by atoms with Gasteiger partial charge in [0.1, 0.15) is 17.4 Å². The molecule has 4 fully saturated rings. The summed E-state index contributed by atoms with van der Waals surface area (Å²) in [6.07, 6.45) is 4.62. The number of likely N-dealkylation sites (tertiary alicyclic amines) is 1. The zero-order valence-corrected chi connectivity index (χ0v) is 28.2. The number of hydrogen-bond acceptors (Lipinski definition) is 8. The average Bonchev–Trinajstić information content (AvgIpc) is 3.74. The number of carbonyl (C=O) groups excluding carboxylic acids is 3. The monoisotopic (exact) mass is 652 g/mol. The van der Waals surface area contributed by atoms with Crippen LogP contribution in [0.5, 0.6) is 5.75 Å². The molecule has 11 nitrogen and oxygen atoms in total. The first-order valence-corrected chi connectivity index (χ1v) is 17.2. The van der Waals surface area contributed by atoms with Crippen LogP contribution >= 0.6 is 0 Å². The molecule has 4 aliphatic rings. The highest BCUT2D eigenvalue weighted by Crippen LogP contribution is 2.59. The number of benzene rings is 1. The van der Waals surface area contributed by atoms with E-state index in [4.69, 9.17) is 14.2 Å². The van der Waals surface area contributed by atoms with Crippen molar-refractivity contribution in [3.8, 4) is 5.75 Å². The van der Waals surface area contributed by atoms with Crippen molar-refractivity contribution in [2.45, 2.75) is 63.8 Å². The molecule has 0 radical (unpaired) electrons. The number of hydrogen-bond donors (Lipinski definition) is 1. The van der Waals surface area contributed by atoms with Crippen LogP contribution in [-0.2, 0) is 23.9 Å². The van der Waals surface area contributed by atoms with Crippen molar-refractivity contribution in [2.75, 3.05) is 70.6 Å². The van der Waals surface area contributed by atoms with Crippen LogP contribution in [0.15, 0.2) is 49.6 Å². The second kappa shape index (κ2) is 15.3. The summed E-state index contributed by atoms with van der Waals surface area (Å²) < 4.78 is 17.9. The summed E-state index contributed by atoms with van der Waals surface area (Å²) >= 11 is 0. The smallest absolute Gasteiger partial charge is 0.248 e. The van der Waals surface area contributed by atoms with Crippen LogP contribution < -0.4 is 9.64 Å². The fraction of sp³-hybridized carbons (Fsp3) is 0.639. The normalized spacial score (nSPS) is 28.1. The SMILES string of the molecule is C=CCN(CCN1CCOCC1)C(=O)C1N([C@@H](CO)[C@@H](C)CC)C(=O)[C@@H]2[C@@H](C(=O)N(CC=C)c3ccc(OCC)cc3)[C@H]3CCC12O3. The number of aliphatic hydroxyl groups excluding tert-OH is 1. The lowest BCUT2D eigenvalue weighted by molar-refractivity contribution is -0.152. The molecule has 1 aromatic carbocycles. The maximum absolute atomic E-state index is 14.8. The summed E-state index contributed by atoms with van der Waals surface area (Å²) in [6.45, 7) is 18.5. The highest BCUT2D eigenvalue weighted by atomic mass is 16.5. The molecule has 11 heteroatoms. The number of rotatable bonds is 16. The summed E-state index contributed by atoms with van der Waals surface area (Å²) in [7, 11) is 0. The average molecular weight is 653 g/mol. The van der Waals surface area contributed by atoms with Gasteiger partial charge in [0.25, 0.3) is 0 Å². The van der Waals surface area contributed by atoms with Crippen molar-refractivity contribution in [2.24, 2.45) is 17.8 Å². The van der Waals surface area contributed by atoms with E-state index in [1.807, 2.05) is 45.0 Å². The van der Waals surface area contributed by atoms with Crippen LogP contribution in [0.25, 0.3) is 0 Å². The minimum Gasteiger partial charge on any atom is -0.494 e. The molecule has 0 saturated carbocycles. The number of ether oxygens (including phenoxy) is 3. The molecule has 5 rings (SSSR count). The van der Waals surface area contributed by atoms with E-state index < -0.39 is 35.6 Å². The Labute approximate surface area is 279 Å². The number of carbonyl (C=O) groups is 3. The summed E-state index contributed by atoms with van der Waals surface area (Å²) in [5.74, 6) is -1.75. The number of amides is 3. The quantitative estimate of drug-likeness (QED) is 0.272. The van der Waals surface area contributed by atoms with Gasteiger partial charge in [-0.05, 0) is 49.9 Å². The van der Waals surface area contributed by atoms with E-state index in [0.717, 1.165) is 13.1 Å². The molecule has 4 saturated heterocycles. The number of aliphatic hydroxyl groups is 1. The predicted molar refractivity (Wildman–Crippen MR) is 179 cm³/mol. The molecular weight excluding hydrogens is 600 g/mol. The Kier molecular flexibility index (Phi) is 11.4. The molecule has 4 heterocycles. The van der Waals surface area contributed by atoms with Crippen molar-refractivity contribution in [3.05, 3.63) is 49.6 Å². The highest BCUT2D eigenvalue weighted by Gasteiger charge is 2.75. The first-order valence-electron chi connectivity index (χ1n) is 17.2. The van der Waals surface area contributed by atoms with Gasteiger partial charge in [-0.2, -0.15) is 0 Å². The molecule has 0 aromatic heterocycles. The van der Waals surface area contributed by atoms with E-state index in [2.05, 4.69) is 18.1 Å². The van der Waals surface area contributed by atoms with Gasteiger partial charge in [0.2, 0.25) is 17.7 Å². The minimum absolute atomic E-state index is 0.0804. The topological polar surface area (TPSA) is 112 Å². The zero-order chi connectivity index (χ0) is 33.7. The molecule has 258 valence electrons.